The zero-order valence-corrected chi connectivity index (χ0v) is 16.1. The molecule has 1 amide bonds. The number of aryl methyl sites for hydroxylation is 1. The number of carbonyl (C=O) groups excluding carboxylic acids is 1. The highest BCUT2D eigenvalue weighted by Crippen LogP contribution is 2.21. The summed E-state index contributed by atoms with van der Waals surface area (Å²) in [5.41, 5.74) is 2.02. The molecule has 0 aromatic heterocycles. The summed E-state index contributed by atoms with van der Waals surface area (Å²) < 4.78 is 53.2. The highest BCUT2D eigenvalue weighted by atomic mass is 32.2. The Morgan fingerprint density at radius 3 is 2.25 bits per heavy atom. The molecule has 1 saturated heterocycles. The summed E-state index contributed by atoms with van der Waals surface area (Å²) in [6, 6.07) is 10.1. The summed E-state index contributed by atoms with van der Waals surface area (Å²) in [5.74, 6) is -2.18. The van der Waals surface area contributed by atoms with Gasteiger partial charge in [0.2, 0.25) is 15.9 Å². The molecule has 1 heterocycles. The van der Waals surface area contributed by atoms with Crippen LogP contribution in [-0.4, -0.2) is 49.7 Å². The van der Waals surface area contributed by atoms with E-state index in [1.54, 1.807) is 6.08 Å². The van der Waals surface area contributed by atoms with E-state index < -0.39 is 26.6 Å². The molecule has 1 aliphatic rings. The van der Waals surface area contributed by atoms with Crippen molar-refractivity contribution in [3.8, 4) is 0 Å². The van der Waals surface area contributed by atoms with Crippen LogP contribution in [0.25, 0.3) is 6.08 Å². The molecule has 0 aliphatic carbocycles. The monoisotopic (exact) mass is 406 g/mol. The second-order valence-electron chi connectivity index (χ2n) is 6.55. The average Bonchev–Trinajstić information content (AvgIpc) is 2.67. The van der Waals surface area contributed by atoms with Crippen molar-refractivity contribution in [2.45, 2.75) is 11.8 Å². The van der Waals surface area contributed by atoms with Crippen LogP contribution in [0, 0.1) is 18.6 Å². The fourth-order valence-corrected chi connectivity index (χ4v) is 4.39. The van der Waals surface area contributed by atoms with Gasteiger partial charge in [0, 0.05) is 38.3 Å². The summed E-state index contributed by atoms with van der Waals surface area (Å²) >= 11 is 0. The van der Waals surface area contributed by atoms with Crippen LogP contribution >= 0.6 is 0 Å². The SMILES string of the molecule is Cc1ccc(/C=C/C(=O)N2CCN(S(=O)(=O)c3ccc(F)cc3F)CC2)cc1. The largest absolute Gasteiger partial charge is 0.337 e. The third-order valence-corrected chi connectivity index (χ3v) is 6.49. The highest BCUT2D eigenvalue weighted by Gasteiger charge is 2.31. The number of hydrogen-bond acceptors (Lipinski definition) is 3. The Hall–Kier alpha value is -2.58. The molecule has 1 aliphatic heterocycles. The molecule has 5 nitrogen and oxygen atoms in total. The van der Waals surface area contributed by atoms with Gasteiger partial charge in [0.15, 0.2) is 0 Å². The van der Waals surface area contributed by atoms with E-state index >= 15 is 0 Å². The maximum Gasteiger partial charge on any atom is 0.246 e. The van der Waals surface area contributed by atoms with Crippen LogP contribution in [0.4, 0.5) is 8.78 Å². The standard InChI is InChI=1S/C20H20F2N2O3S/c1-15-2-4-16(5-3-15)6-9-20(25)23-10-12-24(13-11-23)28(26,27)19-8-7-17(21)14-18(19)22/h2-9,14H,10-13H2,1H3/b9-6+. The number of sulfonamides is 1. The number of amides is 1. The molecule has 0 saturated carbocycles. The van der Waals surface area contributed by atoms with Gasteiger partial charge in [0.05, 0.1) is 0 Å². The van der Waals surface area contributed by atoms with Gasteiger partial charge < -0.3 is 4.90 Å². The molecule has 0 radical (unpaired) electrons. The lowest BCUT2D eigenvalue weighted by atomic mass is 10.1. The molecule has 1 fully saturated rings. The number of rotatable bonds is 4. The van der Waals surface area contributed by atoms with Gasteiger partial charge in [0.25, 0.3) is 0 Å². The van der Waals surface area contributed by atoms with Crippen LogP contribution in [0.5, 0.6) is 0 Å². The van der Waals surface area contributed by atoms with Gasteiger partial charge >= 0.3 is 0 Å². The van der Waals surface area contributed by atoms with Gasteiger partial charge in [-0.15, -0.1) is 0 Å². The summed E-state index contributed by atoms with van der Waals surface area (Å²) in [6.07, 6.45) is 3.16. The summed E-state index contributed by atoms with van der Waals surface area (Å²) in [4.78, 5) is 13.3. The van der Waals surface area contributed by atoms with E-state index in [1.165, 1.54) is 11.0 Å². The fourth-order valence-electron chi connectivity index (χ4n) is 2.92. The number of halogens is 2. The van der Waals surface area contributed by atoms with E-state index in [1.807, 2.05) is 31.2 Å². The van der Waals surface area contributed by atoms with E-state index in [9.17, 15) is 22.0 Å². The average molecular weight is 406 g/mol. The number of piperazine rings is 1. The Morgan fingerprint density at radius 2 is 1.64 bits per heavy atom. The summed E-state index contributed by atoms with van der Waals surface area (Å²) in [6.45, 7) is 2.45. The normalized spacial score (nSPS) is 15.9. The fraction of sp³-hybridized carbons (Fsp3) is 0.250. The zero-order valence-electron chi connectivity index (χ0n) is 15.3. The number of hydrogen-bond donors (Lipinski definition) is 0. The van der Waals surface area contributed by atoms with Crippen LogP contribution in [0.1, 0.15) is 11.1 Å². The molecule has 0 unspecified atom stereocenters. The van der Waals surface area contributed by atoms with Crippen LogP contribution in [0.15, 0.2) is 53.4 Å². The lowest BCUT2D eigenvalue weighted by Gasteiger charge is -2.33. The van der Waals surface area contributed by atoms with Crippen molar-refractivity contribution in [2.24, 2.45) is 0 Å². The lowest BCUT2D eigenvalue weighted by Crippen LogP contribution is -2.50. The van der Waals surface area contributed by atoms with Crippen LogP contribution in [-0.2, 0) is 14.8 Å². The Labute approximate surface area is 162 Å². The first kappa shape index (κ1) is 20.2. The highest BCUT2D eigenvalue weighted by molar-refractivity contribution is 7.89. The second-order valence-corrected chi connectivity index (χ2v) is 8.45. The molecule has 0 atom stereocenters. The quantitative estimate of drug-likeness (QED) is 0.734. The van der Waals surface area contributed by atoms with E-state index in [-0.39, 0.29) is 32.1 Å². The molecule has 28 heavy (non-hydrogen) atoms. The smallest absolute Gasteiger partial charge is 0.246 e. The van der Waals surface area contributed by atoms with Gasteiger partial charge in [-0.3, -0.25) is 4.79 Å². The van der Waals surface area contributed by atoms with Gasteiger partial charge in [-0.2, -0.15) is 4.31 Å². The molecule has 8 heteroatoms. The molecule has 3 rings (SSSR count). The zero-order chi connectivity index (χ0) is 20.3. The number of nitrogens with zero attached hydrogens (tertiary/aromatic N) is 2. The van der Waals surface area contributed by atoms with Crippen molar-refractivity contribution in [1.29, 1.82) is 0 Å². The second kappa shape index (κ2) is 8.20. The minimum atomic E-state index is -4.08. The first-order valence-electron chi connectivity index (χ1n) is 8.76. The van der Waals surface area contributed by atoms with Crippen molar-refractivity contribution >= 4 is 22.0 Å². The maximum absolute atomic E-state index is 13.9. The van der Waals surface area contributed by atoms with Crippen molar-refractivity contribution in [3.63, 3.8) is 0 Å². The number of benzene rings is 2. The molecule has 2 aromatic carbocycles. The molecular formula is C20H20F2N2O3S. The Bertz CT molecular complexity index is 997. The number of carbonyl (C=O) groups is 1. The molecule has 0 spiro atoms. The summed E-state index contributed by atoms with van der Waals surface area (Å²) in [5, 5.41) is 0. The molecule has 2 aromatic rings. The van der Waals surface area contributed by atoms with Gasteiger partial charge in [0.1, 0.15) is 16.5 Å². The van der Waals surface area contributed by atoms with Crippen molar-refractivity contribution in [2.75, 3.05) is 26.2 Å². The van der Waals surface area contributed by atoms with Crippen molar-refractivity contribution < 1.29 is 22.0 Å². The Morgan fingerprint density at radius 1 is 1.00 bits per heavy atom. The van der Waals surface area contributed by atoms with Gasteiger partial charge in [-0.05, 0) is 30.7 Å². The van der Waals surface area contributed by atoms with Crippen LogP contribution < -0.4 is 0 Å². The van der Waals surface area contributed by atoms with E-state index in [4.69, 9.17) is 0 Å². The topological polar surface area (TPSA) is 57.7 Å². The lowest BCUT2D eigenvalue weighted by molar-refractivity contribution is -0.127. The van der Waals surface area contributed by atoms with Gasteiger partial charge in [-0.1, -0.05) is 29.8 Å². The van der Waals surface area contributed by atoms with E-state index in [0.29, 0.717) is 6.07 Å². The van der Waals surface area contributed by atoms with Crippen LogP contribution in [0.2, 0.25) is 0 Å². The van der Waals surface area contributed by atoms with Crippen molar-refractivity contribution in [3.05, 3.63) is 71.3 Å². The molecular weight excluding hydrogens is 386 g/mol. The van der Waals surface area contributed by atoms with Crippen molar-refractivity contribution in [1.82, 2.24) is 9.21 Å². The maximum atomic E-state index is 13.9. The molecule has 0 N–H and O–H groups in total. The first-order chi connectivity index (χ1) is 13.3. The van der Waals surface area contributed by atoms with Crippen LogP contribution in [0.3, 0.4) is 0 Å². The third kappa shape index (κ3) is 4.45. The van der Waals surface area contributed by atoms with Gasteiger partial charge in [-0.25, -0.2) is 17.2 Å². The first-order valence-corrected chi connectivity index (χ1v) is 10.2. The Kier molecular flexibility index (Phi) is 5.90. The Balaban J connectivity index is 1.63. The molecule has 0 bridgehead atoms. The minimum Gasteiger partial charge on any atom is -0.337 e. The van der Waals surface area contributed by atoms with E-state index in [0.717, 1.165) is 27.6 Å². The molecule has 148 valence electrons. The predicted octanol–water partition coefficient (Wildman–Crippen LogP) is 2.82. The predicted molar refractivity (Wildman–Crippen MR) is 102 cm³/mol. The van der Waals surface area contributed by atoms with E-state index in [2.05, 4.69) is 0 Å². The minimum absolute atomic E-state index is 0.0449. The summed E-state index contributed by atoms with van der Waals surface area (Å²) in [7, 11) is -4.08. The third-order valence-electron chi connectivity index (χ3n) is 4.56.